The van der Waals surface area contributed by atoms with E-state index in [4.69, 9.17) is 4.74 Å². The van der Waals surface area contributed by atoms with Gasteiger partial charge in [0.05, 0.1) is 18.2 Å². The lowest BCUT2D eigenvalue weighted by Crippen LogP contribution is -2.47. The van der Waals surface area contributed by atoms with Gasteiger partial charge in [0.2, 0.25) is 0 Å². The van der Waals surface area contributed by atoms with E-state index < -0.39 is 17.6 Å². The maximum atomic E-state index is 13.0. The van der Waals surface area contributed by atoms with Crippen LogP contribution in [0.25, 0.3) is 0 Å². The molecule has 0 aromatic heterocycles. The molecule has 1 aliphatic heterocycles. The minimum atomic E-state index is -4.50. The van der Waals surface area contributed by atoms with E-state index in [1.165, 1.54) is 20.0 Å². The van der Waals surface area contributed by atoms with Crippen LogP contribution in [0.2, 0.25) is 0 Å². The second kappa shape index (κ2) is 7.76. The van der Waals surface area contributed by atoms with Crippen molar-refractivity contribution >= 4 is 21.8 Å². The van der Waals surface area contributed by atoms with Gasteiger partial charge in [-0.1, -0.05) is 0 Å². The zero-order valence-corrected chi connectivity index (χ0v) is 16.1. The number of alkyl halides is 3. The fourth-order valence-corrected chi connectivity index (χ4v) is 4.61. The first-order valence-electron chi connectivity index (χ1n) is 8.81. The highest BCUT2D eigenvalue weighted by atomic mass is 79.9. The molecule has 144 valence electrons. The average molecular weight is 435 g/mol. The van der Waals surface area contributed by atoms with E-state index in [0.717, 1.165) is 44.5 Å². The number of nitrogens with zero attached hydrogens (tertiary/aromatic N) is 1. The molecule has 1 heterocycles. The van der Waals surface area contributed by atoms with Crippen LogP contribution in [0.5, 0.6) is 5.75 Å². The topological polar surface area (TPSA) is 41.6 Å². The zero-order valence-electron chi connectivity index (χ0n) is 14.5. The number of amides is 1. The third-order valence-electron chi connectivity index (χ3n) is 5.23. The van der Waals surface area contributed by atoms with E-state index in [1.54, 1.807) is 0 Å². The number of nitrogens with one attached hydrogen (secondary N) is 1. The molecule has 1 aromatic carbocycles. The van der Waals surface area contributed by atoms with Gasteiger partial charge < -0.3 is 10.1 Å². The lowest BCUT2D eigenvalue weighted by Gasteiger charge is -2.30. The number of hydrogen-bond acceptors (Lipinski definition) is 3. The molecule has 0 spiro atoms. The number of rotatable bonds is 4. The molecule has 0 radical (unpaired) electrons. The van der Waals surface area contributed by atoms with Crippen LogP contribution in [0.4, 0.5) is 13.2 Å². The highest BCUT2D eigenvalue weighted by molar-refractivity contribution is 9.10. The Morgan fingerprint density at radius 1 is 1.23 bits per heavy atom. The monoisotopic (exact) mass is 434 g/mol. The number of methoxy groups -OCH3 is 1. The third-order valence-corrected chi connectivity index (χ3v) is 5.86. The quantitative estimate of drug-likeness (QED) is 0.770. The van der Waals surface area contributed by atoms with Crippen molar-refractivity contribution in [1.82, 2.24) is 10.2 Å². The number of halogens is 4. The van der Waals surface area contributed by atoms with Crippen LogP contribution in [-0.4, -0.2) is 43.1 Å². The summed E-state index contributed by atoms with van der Waals surface area (Å²) in [6.07, 6.45) is 0.809. The van der Waals surface area contributed by atoms with Crippen molar-refractivity contribution in [2.45, 2.75) is 50.4 Å². The van der Waals surface area contributed by atoms with Crippen molar-refractivity contribution in [3.8, 4) is 5.75 Å². The molecule has 1 N–H and O–H groups in total. The predicted molar refractivity (Wildman–Crippen MR) is 95.4 cm³/mol. The van der Waals surface area contributed by atoms with Gasteiger partial charge in [-0.05, 0) is 73.3 Å². The molecule has 2 fully saturated rings. The second-order valence-corrected chi connectivity index (χ2v) is 7.71. The fraction of sp³-hybridized carbons (Fsp3) is 0.611. The Bertz CT molecular complexity index is 675. The first-order valence-corrected chi connectivity index (χ1v) is 9.60. The Morgan fingerprint density at radius 2 is 1.92 bits per heavy atom. The maximum absolute atomic E-state index is 13.0. The molecular formula is C18H22BrF3N2O2. The minimum Gasteiger partial charge on any atom is -0.496 e. The molecular weight excluding hydrogens is 413 g/mol. The number of likely N-dealkylation sites (tertiary alicyclic amines) is 1. The van der Waals surface area contributed by atoms with Gasteiger partial charge in [0.15, 0.2) is 0 Å². The Labute approximate surface area is 159 Å². The predicted octanol–water partition coefficient (Wildman–Crippen LogP) is 4.22. The molecule has 3 rings (SSSR count). The van der Waals surface area contributed by atoms with E-state index >= 15 is 0 Å². The van der Waals surface area contributed by atoms with Crippen LogP contribution in [0.1, 0.15) is 48.0 Å². The summed E-state index contributed by atoms with van der Waals surface area (Å²) in [5.74, 6) is -0.488. The van der Waals surface area contributed by atoms with E-state index in [-0.39, 0.29) is 21.8 Å². The van der Waals surface area contributed by atoms with E-state index in [1.807, 2.05) is 0 Å². The molecule has 2 aliphatic rings. The standard InChI is InChI=1S/C18H22BrF3N2O2/c1-26-15-10-11(18(20,21)22)9-12(19)16(15)17(25)23-13-5-4-6-14(13)24-7-2-3-8-24/h9-10,13-14H,2-8H2,1H3,(H,23,25)/t13?,14-/m1/s1. The molecule has 0 bridgehead atoms. The average Bonchev–Trinajstić information content (AvgIpc) is 3.23. The summed E-state index contributed by atoms with van der Waals surface area (Å²) >= 11 is 3.11. The summed E-state index contributed by atoms with van der Waals surface area (Å²) < 4.78 is 44.1. The Kier molecular flexibility index (Phi) is 5.81. The highest BCUT2D eigenvalue weighted by Crippen LogP contribution is 2.37. The minimum absolute atomic E-state index is 0.0134. The largest absolute Gasteiger partial charge is 0.496 e. The van der Waals surface area contributed by atoms with Crippen LogP contribution in [0, 0.1) is 0 Å². The summed E-state index contributed by atoms with van der Waals surface area (Å²) in [5.41, 5.74) is -0.749. The van der Waals surface area contributed by atoms with Gasteiger partial charge in [0.25, 0.3) is 5.91 Å². The van der Waals surface area contributed by atoms with Gasteiger partial charge >= 0.3 is 6.18 Å². The molecule has 1 aromatic rings. The molecule has 1 unspecified atom stereocenters. The van der Waals surface area contributed by atoms with Crippen molar-refractivity contribution in [2.24, 2.45) is 0 Å². The van der Waals surface area contributed by atoms with Crippen molar-refractivity contribution in [1.29, 1.82) is 0 Å². The van der Waals surface area contributed by atoms with Gasteiger partial charge in [0, 0.05) is 16.6 Å². The number of carbonyl (C=O) groups excluding carboxylic acids is 1. The molecule has 1 saturated heterocycles. The summed E-state index contributed by atoms with van der Waals surface area (Å²) in [4.78, 5) is 15.2. The SMILES string of the molecule is COc1cc(C(F)(F)F)cc(Br)c1C(=O)NC1CCC[C@H]1N1CCCC1. The Hall–Kier alpha value is -1.28. The summed E-state index contributed by atoms with van der Waals surface area (Å²) in [5, 5.41) is 3.02. The smallest absolute Gasteiger partial charge is 0.416 e. The molecule has 1 saturated carbocycles. The van der Waals surface area contributed by atoms with Gasteiger partial charge in [-0.3, -0.25) is 9.69 Å². The summed E-state index contributed by atoms with van der Waals surface area (Å²) in [6.45, 7) is 2.09. The number of ether oxygens (including phenoxy) is 1. The lowest BCUT2D eigenvalue weighted by molar-refractivity contribution is -0.137. The fourth-order valence-electron chi connectivity index (χ4n) is 3.99. The Balaban J connectivity index is 1.81. The van der Waals surface area contributed by atoms with E-state index in [2.05, 4.69) is 26.1 Å². The van der Waals surface area contributed by atoms with Gasteiger partial charge in [-0.25, -0.2) is 0 Å². The highest BCUT2D eigenvalue weighted by Gasteiger charge is 2.36. The number of benzene rings is 1. The van der Waals surface area contributed by atoms with Gasteiger partial charge in [-0.15, -0.1) is 0 Å². The second-order valence-electron chi connectivity index (χ2n) is 6.85. The molecule has 26 heavy (non-hydrogen) atoms. The number of hydrogen-bond donors (Lipinski definition) is 1. The van der Waals surface area contributed by atoms with E-state index in [0.29, 0.717) is 6.04 Å². The zero-order chi connectivity index (χ0) is 18.9. The van der Waals surface area contributed by atoms with Crippen LogP contribution in [0.3, 0.4) is 0 Å². The molecule has 8 heteroatoms. The van der Waals surface area contributed by atoms with Crippen molar-refractivity contribution in [2.75, 3.05) is 20.2 Å². The maximum Gasteiger partial charge on any atom is 0.416 e. The van der Waals surface area contributed by atoms with Crippen LogP contribution in [0.15, 0.2) is 16.6 Å². The van der Waals surface area contributed by atoms with Gasteiger partial charge in [-0.2, -0.15) is 13.2 Å². The number of carbonyl (C=O) groups is 1. The lowest BCUT2D eigenvalue weighted by atomic mass is 10.1. The third kappa shape index (κ3) is 4.01. The molecule has 1 amide bonds. The molecule has 4 nitrogen and oxygen atoms in total. The van der Waals surface area contributed by atoms with Crippen LogP contribution >= 0.6 is 15.9 Å². The van der Waals surface area contributed by atoms with Crippen molar-refractivity contribution < 1.29 is 22.7 Å². The van der Waals surface area contributed by atoms with E-state index in [9.17, 15) is 18.0 Å². The van der Waals surface area contributed by atoms with Crippen molar-refractivity contribution in [3.05, 3.63) is 27.7 Å². The first-order chi connectivity index (χ1) is 12.3. The first kappa shape index (κ1) is 19.5. The van der Waals surface area contributed by atoms with Crippen LogP contribution < -0.4 is 10.1 Å². The Morgan fingerprint density at radius 3 is 2.54 bits per heavy atom. The van der Waals surface area contributed by atoms with Crippen molar-refractivity contribution in [3.63, 3.8) is 0 Å². The summed E-state index contributed by atoms with van der Waals surface area (Å²) in [6, 6.07) is 2.11. The van der Waals surface area contributed by atoms with Crippen LogP contribution in [-0.2, 0) is 6.18 Å². The summed E-state index contributed by atoms with van der Waals surface area (Å²) in [7, 11) is 1.27. The normalized spacial score (nSPS) is 24.0. The molecule has 1 aliphatic carbocycles. The molecule has 2 atom stereocenters. The van der Waals surface area contributed by atoms with Gasteiger partial charge in [0.1, 0.15) is 5.75 Å².